The summed E-state index contributed by atoms with van der Waals surface area (Å²) in [7, 11) is -6.08. The minimum Gasteiger partial charge on any atom is -0.457 e. The average molecular weight is 400 g/mol. The Bertz CT molecular complexity index is 799. The number of alkyl halides is 5. The fourth-order valence-corrected chi connectivity index (χ4v) is 2.70. The van der Waals surface area contributed by atoms with E-state index < -0.39 is 58.1 Å². The quantitative estimate of drug-likeness (QED) is 0.327. The molecule has 5 nitrogen and oxygen atoms in total. The molecule has 0 radical (unpaired) electrons. The van der Waals surface area contributed by atoms with Gasteiger partial charge in [0.25, 0.3) is 5.92 Å². The fraction of sp³-hybridized carbons (Fsp3) is 0.400. The van der Waals surface area contributed by atoms with Crippen molar-refractivity contribution in [1.29, 1.82) is 0 Å². The molecule has 1 aliphatic carbocycles. The van der Waals surface area contributed by atoms with E-state index in [4.69, 9.17) is 4.74 Å². The van der Waals surface area contributed by atoms with E-state index in [0.717, 1.165) is 0 Å². The molecule has 0 N–H and O–H groups in total. The number of esters is 1. The lowest BCUT2D eigenvalue weighted by Crippen LogP contribution is -2.31. The number of allylic oxidation sites excluding steroid dienone is 1. The van der Waals surface area contributed by atoms with Crippen molar-refractivity contribution in [2.45, 2.75) is 37.3 Å². The summed E-state index contributed by atoms with van der Waals surface area (Å²) in [4.78, 5) is 12.0. The first-order valence-corrected chi connectivity index (χ1v) is 8.64. The summed E-state index contributed by atoms with van der Waals surface area (Å²) in [6.07, 6.45) is -3.08. The number of rotatable bonds is 5. The smallest absolute Gasteiger partial charge is 0.457 e. The Kier molecular flexibility index (Phi) is 5.59. The predicted molar refractivity (Wildman–Crippen MR) is 78.1 cm³/mol. The standard InChI is InChI=1S/C15H13F5O5S/c16-14(17)7-6-12(25-26(22,23)15(18,19)20)11(8-14)13(21)24-9-10-4-2-1-3-5-10/h1-5H,6-9H2. The molecule has 1 aromatic rings. The molecule has 0 spiro atoms. The summed E-state index contributed by atoms with van der Waals surface area (Å²) in [6.45, 7) is -0.325. The molecular formula is C15H13F5O5S. The lowest BCUT2D eigenvalue weighted by Gasteiger charge is -2.25. The van der Waals surface area contributed by atoms with Gasteiger partial charge in [0.1, 0.15) is 12.4 Å². The third-order valence-electron chi connectivity index (χ3n) is 3.44. The normalized spacial score (nSPS) is 17.7. The van der Waals surface area contributed by atoms with E-state index in [2.05, 4.69) is 4.18 Å². The van der Waals surface area contributed by atoms with E-state index in [1.54, 1.807) is 30.3 Å². The Morgan fingerprint density at radius 1 is 1.15 bits per heavy atom. The summed E-state index contributed by atoms with van der Waals surface area (Å²) in [6, 6.07) is 8.08. The van der Waals surface area contributed by atoms with Crippen LogP contribution in [0.1, 0.15) is 24.8 Å². The van der Waals surface area contributed by atoms with Gasteiger partial charge >= 0.3 is 21.6 Å². The van der Waals surface area contributed by atoms with Crippen LogP contribution in [0.5, 0.6) is 0 Å². The minimum absolute atomic E-state index is 0.325. The van der Waals surface area contributed by atoms with Crippen LogP contribution in [0.2, 0.25) is 0 Å². The maximum Gasteiger partial charge on any atom is 0.534 e. The maximum atomic E-state index is 13.5. The van der Waals surface area contributed by atoms with Crippen molar-refractivity contribution in [2.24, 2.45) is 0 Å². The third-order valence-corrected chi connectivity index (χ3v) is 4.43. The second kappa shape index (κ2) is 7.22. The van der Waals surface area contributed by atoms with Crippen molar-refractivity contribution < 1.29 is 44.1 Å². The van der Waals surface area contributed by atoms with Crippen molar-refractivity contribution in [3.63, 3.8) is 0 Å². The van der Waals surface area contributed by atoms with Crippen LogP contribution in [0.15, 0.2) is 41.7 Å². The van der Waals surface area contributed by atoms with Gasteiger partial charge in [-0.25, -0.2) is 13.6 Å². The van der Waals surface area contributed by atoms with Gasteiger partial charge in [-0.1, -0.05) is 30.3 Å². The fourth-order valence-electron chi connectivity index (χ4n) is 2.16. The Labute approximate surface area is 145 Å². The average Bonchev–Trinajstić information content (AvgIpc) is 2.54. The Morgan fingerprint density at radius 3 is 2.35 bits per heavy atom. The van der Waals surface area contributed by atoms with Gasteiger partial charge in [0, 0.05) is 19.3 Å². The largest absolute Gasteiger partial charge is 0.534 e. The monoisotopic (exact) mass is 400 g/mol. The van der Waals surface area contributed by atoms with Gasteiger partial charge in [-0.2, -0.15) is 21.6 Å². The molecule has 0 unspecified atom stereocenters. The highest BCUT2D eigenvalue weighted by Gasteiger charge is 2.50. The number of halogens is 5. The first-order valence-electron chi connectivity index (χ1n) is 7.23. The number of ether oxygens (including phenoxy) is 1. The minimum atomic E-state index is -6.08. The molecule has 0 saturated carbocycles. The molecule has 0 saturated heterocycles. The number of benzene rings is 1. The van der Waals surface area contributed by atoms with E-state index in [1.165, 1.54) is 0 Å². The highest BCUT2D eigenvalue weighted by Crippen LogP contribution is 2.40. The van der Waals surface area contributed by atoms with Crippen molar-refractivity contribution in [3.8, 4) is 0 Å². The Balaban J connectivity index is 2.25. The molecular weight excluding hydrogens is 387 g/mol. The van der Waals surface area contributed by atoms with E-state index in [0.29, 0.717) is 5.56 Å². The predicted octanol–water partition coefficient (Wildman–Crippen LogP) is 3.67. The van der Waals surface area contributed by atoms with Gasteiger partial charge in [-0.05, 0) is 5.56 Å². The zero-order valence-electron chi connectivity index (χ0n) is 13.1. The summed E-state index contributed by atoms with van der Waals surface area (Å²) in [5.74, 6) is -5.73. The van der Waals surface area contributed by atoms with E-state index in [1.807, 2.05) is 0 Å². The van der Waals surface area contributed by atoms with Crippen molar-refractivity contribution in [1.82, 2.24) is 0 Å². The van der Waals surface area contributed by atoms with Crippen molar-refractivity contribution in [3.05, 3.63) is 47.2 Å². The van der Waals surface area contributed by atoms with Crippen LogP contribution in [0.3, 0.4) is 0 Å². The third kappa shape index (κ3) is 4.93. The highest BCUT2D eigenvalue weighted by atomic mass is 32.2. The second-order valence-corrected chi connectivity index (χ2v) is 7.02. The molecule has 11 heteroatoms. The van der Waals surface area contributed by atoms with Crippen LogP contribution >= 0.6 is 0 Å². The van der Waals surface area contributed by atoms with E-state index >= 15 is 0 Å². The molecule has 2 rings (SSSR count). The van der Waals surface area contributed by atoms with Gasteiger partial charge in [0.2, 0.25) is 0 Å². The molecule has 0 aromatic heterocycles. The summed E-state index contributed by atoms with van der Waals surface area (Å²) < 4.78 is 95.3. The number of carbonyl (C=O) groups is 1. The zero-order valence-corrected chi connectivity index (χ0v) is 13.9. The van der Waals surface area contributed by atoms with Crippen molar-refractivity contribution >= 4 is 16.1 Å². The zero-order chi connectivity index (χ0) is 19.6. The number of carbonyl (C=O) groups excluding carboxylic acids is 1. The Hall–Kier alpha value is -2.17. The summed E-state index contributed by atoms with van der Waals surface area (Å²) in [5, 5.41) is 0. The second-order valence-electron chi connectivity index (χ2n) is 5.48. The first kappa shape index (κ1) is 20.1. The summed E-state index contributed by atoms with van der Waals surface area (Å²) in [5.41, 5.74) is -6.17. The Morgan fingerprint density at radius 2 is 1.77 bits per heavy atom. The highest BCUT2D eigenvalue weighted by molar-refractivity contribution is 7.87. The lowest BCUT2D eigenvalue weighted by atomic mass is 9.94. The molecule has 0 aliphatic heterocycles. The van der Waals surface area contributed by atoms with Gasteiger partial charge in [-0.15, -0.1) is 0 Å². The summed E-state index contributed by atoms with van der Waals surface area (Å²) >= 11 is 0. The molecule has 0 atom stereocenters. The number of hydrogen-bond donors (Lipinski definition) is 0. The van der Waals surface area contributed by atoms with Gasteiger partial charge in [0.15, 0.2) is 0 Å². The molecule has 0 amide bonds. The van der Waals surface area contributed by atoms with Gasteiger partial charge in [-0.3, -0.25) is 0 Å². The number of hydrogen-bond acceptors (Lipinski definition) is 5. The van der Waals surface area contributed by atoms with Crippen LogP contribution in [0.25, 0.3) is 0 Å². The molecule has 1 aromatic carbocycles. The molecule has 26 heavy (non-hydrogen) atoms. The lowest BCUT2D eigenvalue weighted by molar-refractivity contribution is -0.142. The molecule has 1 aliphatic rings. The van der Waals surface area contributed by atoms with Crippen LogP contribution in [0.4, 0.5) is 22.0 Å². The maximum absolute atomic E-state index is 13.5. The molecule has 0 bridgehead atoms. The SMILES string of the molecule is O=C(OCc1ccccc1)C1=C(OS(=O)(=O)C(F)(F)F)CCC(F)(F)C1. The first-order chi connectivity index (χ1) is 11.9. The van der Waals surface area contributed by atoms with Crippen LogP contribution in [0, 0.1) is 0 Å². The van der Waals surface area contributed by atoms with Crippen molar-refractivity contribution in [2.75, 3.05) is 0 Å². The topological polar surface area (TPSA) is 69.7 Å². The van der Waals surface area contributed by atoms with E-state index in [9.17, 15) is 35.2 Å². The van der Waals surface area contributed by atoms with Crippen LogP contribution in [-0.2, 0) is 30.4 Å². The van der Waals surface area contributed by atoms with Gasteiger partial charge in [0.05, 0.1) is 5.57 Å². The van der Waals surface area contributed by atoms with Gasteiger partial charge < -0.3 is 8.92 Å². The molecule has 0 fully saturated rings. The molecule has 144 valence electrons. The van der Waals surface area contributed by atoms with Crippen LogP contribution in [-0.4, -0.2) is 25.8 Å². The van der Waals surface area contributed by atoms with E-state index in [-0.39, 0.29) is 6.61 Å². The molecule has 0 heterocycles. The van der Waals surface area contributed by atoms with Crippen LogP contribution < -0.4 is 0 Å².